The van der Waals surface area contributed by atoms with Crippen LogP contribution >= 0.6 is 11.6 Å². The molecule has 1 aliphatic rings. The molecule has 0 fully saturated rings. The predicted octanol–water partition coefficient (Wildman–Crippen LogP) is 2.56. The van der Waals surface area contributed by atoms with Crippen molar-refractivity contribution in [1.29, 1.82) is 0 Å². The van der Waals surface area contributed by atoms with Gasteiger partial charge in [-0.05, 0) is 37.2 Å². The quantitative estimate of drug-likeness (QED) is 0.921. The highest BCUT2D eigenvalue weighted by atomic mass is 35.5. The van der Waals surface area contributed by atoms with Gasteiger partial charge in [0.2, 0.25) is 0 Å². The molecule has 1 aromatic carbocycles. The van der Waals surface area contributed by atoms with Crippen LogP contribution in [0.2, 0.25) is 5.02 Å². The highest BCUT2D eigenvalue weighted by molar-refractivity contribution is 7.92. The molecule has 2 atom stereocenters. The summed E-state index contributed by atoms with van der Waals surface area (Å²) in [6.07, 6.45) is 1.52. The van der Waals surface area contributed by atoms with Crippen LogP contribution in [0.1, 0.15) is 31.4 Å². The number of sulfone groups is 1. The molecule has 2 unspecified atom stereocenters. The lowest BCUT2D eigenvalue weighted by molar-refractivity contribution is 0.514. The van der Waals surface area contributed by atoms with Crippen LogP contribution in [0.25, 0.3) is 0 Å². The van der Waals surface area contributed by atoms with E-state index in [4.69, 9.17) is 11.6 Å². The Balaban J connectivity index is 2.59. The van der Waals surface area contributed by atoms with Gasteiger partial charge in [-0.1, -0.05) is 24.9 Å². The lowest BCUT2D eigenvalue weighted by Crippen LogP contribution is -2.29. The molecule has 3 nitrogen and oxygen atoms in total. The van der Waals surface area contributed by atoms with Crippen molar-refractivity contribution in [1.82, 2.24) is 5.32 Å². The van der Waals surface area contributed by atoms with Gasteiger partial charge in [0, 0.05) is 5.02 Å². The first-order chi connectivity index (χ1) is 8.02. The number of fused-ring (bicyclic) bond motifs is 1. The molecule has 5 heteroatoms. The minimum atomic E-state index is -3.21. The summed E-state index contributed by atoms with van der Waals surface area (Å²) in [5.74, 6) is 0. The Bertz CT molecular complexity index is 527. The zero-order chi connectivity index (χ0) is 12.6. The fourth-order valence-corrected chi connectivity index (χ4v) is 4.98. The summed E-state index contributed by atoms with van der Waals surface area (Å²) in [5, 5.41) is 3.31. The monoisotopic (exact) mass is 273 g/mol. The van der Waals surface area contributed by atoms with Crippen LogP contribution in [0, 0.1) is 0 Å². The maximum absolute atomic E-state index is 12.4. The van der Waals surface area contributed by atoms with E-state index < -0.39 is 9.84 Å². The standard InChI is InChI=1S/C12H16ClNO2S/c1-3-4-11-12(14-2)9-7-8(13)5-6-10(9)17(11,15)16/h5-7,11-12,14H,3-4H2,1-2H3. The van der Waals surface area contributed by atoms with Gasteiger partial charge in [0.15, 0.2) is 9.84 Å². The molecule has 1 aliphatic heterocycles. The van der Waals surface area contributed by atoms with Crippen LogP contribution in [0.3, 0.4) is 0 Å². The third-order valence-corrected chi connectivity index (χ3v) is 5.79. The normalized spacial score (nSPS) is 25.8. The summed E-state index contributed by atoms with van der Waals surface area (Å²) >= 11 is 5.94. The van der Waals surface area contributed by atoms with Gasteiger partial charge < -0.3 is 5.32 Å². The predicted molar refractivity (Wildman–Crippen MR) is 69.1 cm³/mol. The van der Waals surface area contributed by atoms with E-state index in [0.717, 1.165) is 12.0 Å². The molecule has 0 bridgehead atoms. The average molecular weight is 274 g/mol. The number of hydrogen-bond donors (Lipinski definition) is 1. The number of nitrogens with one attached hydrogen (secondary N) is 1. The van der Waals surface area contributed by atoms with Gasteiger partial charge in [-0.3, -0.25) is 0 Å². The fraction of sp³-hybridized carbons (Fsp3) is 0.500. The van der Waals surface area contributed by atoms with E-state index >= 15 is 0 Å². The van der Waals surface area contributed by atoms with Gasteiger partial charge in [-0.2, -0.15) is 0 Å². The van der Waals surface area contributed by atoms with E-state index in [1.165, 1.54) is 0 Å². The van der Waals surface area contributed by atoms with Gasteiger partial charge in [-0.15, -0.1) is 0 Å². The maximum atomic E-state index is 12.4. The first-order valence-corrected chi connectivity index (χ1v) is 7.65. The second-order valence-electron chi connectivity index (χ2n) is 4.32. The van der Waals surface area contributed by atoms with E-state index in [-0.39, 0.29) is 11.3 Å². The second kappa shape index (κ2) is 4.59. The zero-order valence-corrected chi connectivity index (χ0v) is 11.5. The Labute approximate surface area is 107 Å². The van der Waals surface area contributed by atoms with Crippen LogP contribution in [-0.4, -0.2) is 20.7 Å². The molecule has 0 aliphatic carbocycles. The summed E-state index contributed by atoms with van der Waals surface area (Å²) in [6, 6.07) is 4.87. The van der Waals surface area contributed by atoms with E-state index in [0.29, 0.717) is 16.3 Å². The van der Waals surface area contributed by atoms with Crippen molar-refractivity contribution < 1.29 is 8.42 Å². The molecule has 0 saturated heterocycles. The van der Waals surface area contributed by atoms with Gasteiger partial charge in [0.05, 0.1) is 16.2 Å². The van der Waals surface area contributed by atoms with Crippen molar-refractivity contribution in [3.63, 3.8) is 0 Å². The first-order valence-electron chi connectivity index (χ1n) is 5.73. The Morgan fingerprint density at radius 3 is 2.71 bits per heavy atom. The molecule has 1 heterocycles. The molecule has 17 heavy (non-hydrogen) atoms. The van der Waals surface area contributed by atoms with Crippen LogP contribution in [0.4, 0.5) is 0 Å². The molecule has 1 N–H and O–H groups in total. The van der Waals surface area contributed by atoms with E-state index in [1.54, 1.807) is 25.2 Å². The van der Waals surface area contributed by atoms with Gasteiger partial charge in [0.1, 0.15) is 0 Å². The molecule has 0 radical (unpaired) electrons. The lowest BCUT2D eigenvalue weighted by Gasteiger charge is -2.17. The van der Waals surface area contributed by atoms with Crippen LogP contribution in [0.5, 0.6) is 0 Å². The van der Waals surface area contributed by atoms with Crippen molar-refractivity contribution in [2.24, 2.45) is 0 Å². The number of rotatable bonds is 3. The first kappa shape index (κ1) is 12.9. The number of benzene rings is 1. The fourth-order valence-electron chi connectivity index (χ4n) is 2.51. The third-order valence-electron chi connectivity index (χ3n) is 3.27. The summed E-state index contributed by atoms with van der Waals surface area (Å²) < 4.78 is 24.7. The minimum absolute atomic E-state index is 0.145. The second-order valence-corrected chi connectivity index (χ2v) is 6.89. The molecule has 0 amide bonds. The van der Waals surface area contributed by atoms with E-state index in [2.05, 4.69) is 5.32 Å². The van der Waals surface area contributed by atoms with Gasteiger partial charge in [0.25, 0.3) is 0 Å². The maximum Gasteiger partial charge on any atom is 0.183 e. The van der Waals surface area contributed by atoms with Crippen molar-refractivity contribution in [3.05, 3.63) is 28.8 Å². The summed E-state index contributed by atoms with van der Waals surface area (Å²) in [6.45, 7) is 2.00. The van der Waals surface area contributed by atoms with Crippen molar-refractivity contribution in [3.8, 4) is 0 Å². The third kappa shape index (κ3) is 1.98. The molecule has 1 aromatic rings. The topological polar surface area (TPSA) is 46.2 Å². The van der Waals surface area contributed by atoms with E-state index in [1.807, 2.05) is 6.92 Å². The summed E-state index contributed by atoms with van der Waals surface area (Å²) in [5.41, 5.74) is 0.804. The van der Waals surface area contributed by atoms with Crippen LogP contribution in [0.15, 0.2) is 23.1 Å². The average Bonchev–Trinajstić information content (AvgIpc) is 2.48. The highest BCUT2D eigenvalue weighted by Gasteiger charge is 2.43. The molecule has 94 valence electrons. The lowest BCUT2D eigenvalue weighted by atomic mass is 10.0. The summed E-state index contributed by atoms with van der Waals surface area (Å²) in [7, 11) is -1.42. The SMILES string of the molecule is CCCC1C(NC)c2cc(Cl)ccc2S1(=O)=O. The van der Waals surface area contributed by atoms with Crippen molar-refractivity contribution >= 4 is 21.4 Å². The van der Waals surface area contributed by atoms with Crippen molar-refractivity contribution in [2.45, 2.75) is 36.0 Å². The minimum Gasteiger partial charge on any atom is -0.312 e. The molecule has 0 aromatic heterocycles. The Kier molecular flexibility index (Phi) is 3.48. The Hall–Kier alpha value is -0.580. The molecular weight excluding hydrogens is 258 g/mol. The molecular formula is C12H16ClNO2S. The van der Waals surface area contributed by atoms with Crippen LogP contribution in [-0.2, 0) is 9.84 Å². The van der Waals surface area contributed by atoms with Gasteiger partial charge in [-0.25, -0.2) is 8.42 Å². The largest absolute Gasteiger partial charge is 0.312 e. The van der Waals surface area contributed by atoms with E-state index in [9.17, 15) is 8.42 Å². The zero-order valence-electron chi connectivity index (χ0n) is 9.90. The molecule has 0 saturated carbocycles. The molecule has 2 rings (SSSR count). The Morgan fingerprint density at radius 1 is 1.41 bits per heavy atom. The number of halogens is 1. The highest BCUT2D eigenvalue weighted by Crippen LogP contribution is 2.41. The van der Waals surface area contributed by atoms with Crippen LogP contribution < -0.4 is 5.32 Å². The summed E-state index contributed by atoms with van der Waals surface area (Å²) in [4.78, 5) is 0.430. The smallest absolute Gasteiger partial charge is 0.183 e. The van der Waals surface area contributed by atoms with Gasteiger partial charge >= 0.3 is 0 Å². The van der Waals surface area contributed by atoms with Crippen molar-refractivity contribution in [2.75, 3.05) is 7.05 Å². The Morgan fingerprint density at radius 2 is 2.12 bits per heavy atom. The number of hydrogen-bond acceptors (Lipinski definition) is 3. The molecule has 0 spiro atoms.